The average molecular weight is 480 g/mol. The van der Waals surface area contributed by atoms with Crippen LogP contribution in [0, 0.1) is 18.3 Å². The lowest BCUT2D eigenvalue weighted by atomic mass is 10.1. The number of nitriles is 1. The third-order valence-corrected chi connectivity index (χ3v) is 5.18. The van der Waals surface area contributed by atoms with Crippen molar-refractivity contribution in [3.63, 3.8) is 0 Å². The number of hydrogen-bond donors (Lipinski definition) is 2. The molecule has 3 aromatic carbocycles. The lowest BCUT2D eigenvalue weighted by molar-refractivity contribution is -0.118. The highest BCUT2D eigenvalue weighted by Crippen LogP contribution is 2.25. The Balaban J connectivity index is 1.57. The van der Waals surface area contributed by atoms with Crippen LogP contribution >= 0.6 is 23.2 Å². The van der Waals surface area contributed by atoms with Gasteiger partial charge in [-0.05, 0) is 61.0 Å². The third-order valence-electron chi connectivity index (χ3n) is 4.44. The largest absolute Gasteiger partial charge is 0.484 e. The van der Waals surface area contributed by atoms with Crippen LogP contribution in [0.4, 0.5) is 11.4 Å². The van der Waals surface area contributed by atoms with Crippen LogP contribution in [0.15, 0.2) is 72.3 Å². The maximum absolute atomic E-state index is 12.4. The van der Waals surface area contributed by atoms with Gasteiger partial charge in [-0.25, -0.2) is 0 Å². The van der Waals surface area contributed by atoms with Gasteiger partial charge in [0.05, 0.1) is 10.0 Å². The molecule has 0 fully saturated rings. The normalized spacial score (nSPS) is 10.8. The summed E-state index contributed by atoms with van der Waals surface area (Å²) in [5.74, 6) is -0.387. The number of hydrogen-bond acceptors (Lipinski definition) is 4. The van der Waals surface area contributed by atoms with E-state index in [-0.39, 0.29) is 18.1 Å². The van der Waals surface area contributed by atoms with E-state index in [2.05, 4.69) is 10.6 Å². The van der Waals surface area contributed by atoms with Crippen molar-refractivity contribution in [3.8, 4) is 11.8 Å². The molecule has 0 aliphatic rings. The summed E-state index contributed by atoms with van der Waals surface area (Å²) in [6.07, 6.45) is 1.45. The van der Waals surface area contributed by atoms with Crippen LogP contribution in [0.3, 0.4) is 0 Å². The van der Waals surface area contributed by atoms with E-state index in [0.29, 0.717) is 32.7 Å². The van der Waals surface area contributed by atoms with Gasteiger partial charge in [-0.3, -0.25) is 9.59 Å². The summed E-state index contributed by atoms with van der Waals surface area (Å²) >= 11 is 11.8. The molecule has 0 atom stereocenters. The molecule has 0 radical (unpaired) electrons. The summed E-state index contributed by atoms with van der Waals surface area (Å²) in [4.78, 5) is 24.5. The molecule has 0 aliphatic carbocycles. The van der Waals surface area contributed by atoms with E-state index in [9.17, 15) is 14.9 Å². The quantitative estimate of drug-likeness (QED) is 0.327. The smallest absolute Gasteiger partial charge is 0.266 e. The zero-order valence-electron chi connectivity index (χ0n) is 17.6. The van der Waals surface area contributed by atoms with Crippen molar-refractivity contribution in [2.24, 2.45) is 0 Å². The Morgan fingerprint density at radius 1 is 0.939 bits per heavy atom. The summed E-state index contributed by atoms with van der Waals surface area (Å²) in [7, 11) is 0. The monoisotopic (exact) mass is 479 g/mol. The van der Waals surface area contributed by atoms with Crippen LogP contribution in [-0.2, 0) is 9.59 Å². The van der Waals surface area contributed by atoms with E-state index in [1.807, 2.05) is 37.3 Å². The SMILES string of the molecule is Cc1ccc(NC(=O)COc2ccc(/C=C(/C#N)C(=O)Nc3ccc(Cl)c(Cl)c3)cc2)cc1. The Bertz CT molecular complexity index is 1230. The number of rotatable bonds is 7. The average Bonchev–Trinajstić information content (AvgIpc) is 2.80. The maximum Gasteiger partial charge on any atom is 0.266 e. The minimum Gasteiger partial charge on any atom is -0.484 e. The molecule has 8 heteroatoms. The number of halogens is 2. The van der Waals surface area contributed by atoms with Crippen molar-refractivity contribution in [3.05, 3.63) is 93.5 Å². The standard InChI is InChI=1S/C25H19Cl2N3O3/c1-16-2-6-19(7-3-16)29-24(31)15-33-21-9-4-17(5-10-21)12-18(14-28)25(32)30-20-8-11-22(26)23(27)13-20/h2-13H,15H2,1H3,(H,29,31)(H,30,32)/b18-12-. The van der Waals surface area contributed by atoms with Gasteiger partial charge in [0.1, 0.15) is 17.4 Å². The molecule has 3 rings (SSSR count). The zero-order chi connectivity index (χ0) is 23.8. The number of benzene rings is 3. The molecule has 0 unspecified atom stereocenters. The minimum absolute atomic E-state index is 0.0905. The fraction of sp³-hybridized carbons (Fsp3) is 0.0800. The molecule has 6 nitrogen and oxygen atoms in total. The molecule has 0 bridgehead atoms. The van der Waals surface area contributed by atoms with E-state index in [1.54, 1.807) is 36.4 Å². The molecule has 0 aromatic heterocycles. The minimum atomic E-state index is -0.580. The van der Waals surface area contributed by atoms with Crippen molar-refractivity contribution in [1.29, 1.82) is 5.26 Å². The number of carbonyl (C=O) groups excluding carboxylic acids is 2. The van der Waals surface area contributed by atoms with Gasteiger partial charge in [0.15, 0.2) is 6.61 Å². The highest BCUT2D eigenvalue weighted by atomic mass is 35.5. The Kier molecular flexibility index (Phi) is 8.09. The second-order valence-corrected chi connectivity index (χ2v) is 7.84. The van der Waals surface area contributed by atoms with Gasteiger partial charge < -0.3 is 15.4 Å². The highest BCUT2D eigenvalue weighted by Gasteiger charge is 2.11. The first-order chi connectivity index (χ1) is 15.8. The maximum atomic E-state index is 12.4. The van der Waals surface area contributed by atoms with Crippen molar-refractivity contribution >= 4 is 52.5 Å². The molecule has 2 amide bonds. The topological polar surface area (TPSA) is 91.2 Å². The first-order valence-electron chi connectivity index (χ1n) is 9.81. The molecule has 3 aromatic rings. The van der Waals surface area contributed by atoms with E-state index >= 15 is 0 Å². The molecular formula is C25H19Cl2N3O3. The van der Waals surface area contributed by atoms with E-state index in [4.69, 9.17) is 27.9 Å². The van der Waals surface area contributed by atoms with Gasteiger partial charge in [-0.2, -0.15) is 5.26 Å². The number of ether oxygens (including phenoxy) is 1. The van der Waals surface area contributed by atoms with Crippen LogP contribution < -0.4 is 15.4 Å². The summed E-state index contributed by atoms with van der Waals surface area (Å²) < 4.78 is 5.50. The molecule has 2 N–H and O–H groups in total. The molecule has 33 heavy (non-hydrogen) atoms. The summed E-state index contributed by atoms with van der Waals surface area (Å²) in [6, 6.07) is 20.6. The predicted molar refractivity (Wildman–Crippen MR) is 130 cm³/mol. The molecule has 0 saturated heterocycles. The number of nitrogens with zero attached hydrogens (tertiary/aromatic N) is 1. The van der Waals surface area contributed by atoms with Crippen molar-refractivity contribution in [2.45, 2.75) is 6.92 Å². The number of anilines is 2. The van der Waals surface area contributed by atoms with Crippen LogP contribution in [0.5, 0.6) is 5.75 Å². The van der Waals surface area contributed by atoms with E-state index in [1.165, 1.54) is 12.1 Å². The molecular weight excluding hydrogens is 461 g/mol. The van der Waals surface area contributed by atoms with Crippen LogP contribution in [0.25, 0.3) is 6.08 Å². The first-order valence-corrected chi connectivity index (χ1v) is 10.6. The van der Waals surface area contributed by atoms with Gasteiger partial charge in [0, 0.05) is 11.4 Å². The van der Waals surface area contributed by atoms with Gasteiger partial charge in [-0.15, -0.1) is 0 Å². The molecule has 0 spiro atoms. The summed E-state index contributed by atoms with van der Waals surface area (Å²) in [5, 5.41) is 15.4. The molecule has 166 valence electrons. The van der Waals surface area contributed by atoms with Crippen molar-refractivity contribution < 1.29 is 14.3 Å². The fourth-order valence-corrected chi connectivity index (χ4v) is 3.03. The number of aryl methyl sites for hydroxylation is 1. The first kappa shape index (κ1) is 23.9. The Morgan fingerprint density at radius 3 is 2.24 bits per heavy atom. The number of amides is 2. The van der Waals surface area contributed by atoms with Crippen LogP contribution in [-0.4, -0.2) is 18.4 Å². The second-order valence-electron chi connectivity index (χ2n) is 7.02. The fourth-order valence-electron chi connectivity index (χ4n) is 2.73. The lowest BCUT2D eigenvalue weighted by Crippen LogP contribution is -2.20. The Labute approximate surface area is 201 Å². The number of nitrogens with one attached hydrogen (secondary N) is 2. The molecule has 0 aliphatic heterocycles. The second kappa shape index (κ2) is 11.2. The number of carbonyl (C=O) groups is 2. The van der Waals surface area contributed by atoms with Gasteiger partial charge in [0.25, 0.3) is 11.8 Å². The lowest BCUT2D eigenvalue weighted by Gasteiger charge is -2.08. The van der Waals surface area contributed by atoms with E-state index in [0.717, 1.165) is 5.56 Å². The Hall–Kier alpha value is -3.79. The van der Waals surface area contributed by atoms with Crippen molar-refractivity contribution in [1.82, 2.24) is 0 Å². The third kappa shape index (κ3) is 7.11. The summed E-state index contributed by atoms with van der Waals surface area (Å²) in [6.45, 7) is 1.81. The predicted octanol–water partition coefficient (Wildman–Crippen LogP) is 5.87. The van der Waals surface area contributed by atoms with Gasteiger partial charge >= 0.3 is 0 Å². The Morgan fingerprint density at radius 2 is 1.61 bits per heavy atom. The zero-order valence-corrected chi connectivity index (χ0v) is 19.1. The van der Waals surface area contributed by atoms with Gasteiger partial charge in [0.2, 0.25) is 0 Å². The van der Waals surface area contributed by atoms with E-state index < -0.39 is 5.91 Å². The highest BCUT2D eigenvalue weighted by molar-refractivity contribution is 6.42. The molecule has 0 saturated carbocycles. The molecule has 0 heterocycles. The van der Waals surface area contributed by atoms with Crippen LogP contribution in [0.1, 0.15) is 11.1 Å². The van der Waals surface area contributed by atoms with Crippen LogP contribution in [0.2, 0.25) is 10.0 Å². The van der Waals surface area contributed by atoms with Gasteiger partial charge in [-0.1, -0.05) is 53.0 Å². The summed E-state index contributed by atoms with van der Waals surface area (Å²) in [5.41, 5.74) is 2.74. The van der Waals surface area contributed by atoms with Crippen molar-refractivity contribution in [2.75, 3.05) is 17.2 Å².